The van der Waals surface area contributed by atoms with Crippen molar-refractivity contribution in [1.82, 2.24) is 9.78 Å². The average molecular weight is 337 g/mol. The van der Waals surface area contributed by atoms with Crippen LogP contribution in [0.4, 0.5) is 0 Å². The SMILES string of the molecule is CCn1nc(C)cc1CC(CO)Cc1cccc(Br)c1. The van der Waals surface area contributed by atoms with E-state index in [-0.39, 0.29) is 12.5 Å². The number of aliphatic hydroxyl groups excluding tert-OH is 1. The van der Waals surface area contributed by atoms with Gasteiger partial charge in [0, 0.05) is 23.3 Å². The number of rotatable bonds is 6. The number of hydrogen-bond acceptors (Lipinski definition) is 2. The molecule has 1 aromatic carbocycles. The fraction of sp³-hybridized carbons (Fsp3) is 0.438. The zero-order valence-electron chi connectivity index (χ0n) is 12.0. The molecule has 0 aliphatic carbocycles. The van der Waals surface area contributed by atoms with Gasteiger partial charge in [0.25, 0.3) is 0 Å². The number of aryl methyl sites for hydroxylation is 2. The molecule has 0 fully saturated rings. The van der Waals surface area contributed by atoms with E-state index >= 15 is 0 Å². The van der Waals surface area contributed by atoms with Crippen molar-refractivity contribution in [3.63, 3.8) is 0 Å². The van der Waals surface area contributed by atoms with Gasteiger partial charge in [-0.25, -0.2) is 0 Å². The summed E-state index contributed by atoms with van der Waals surface area (Å²) in [5.41, 5.74) is 3.50. The number of halogens is 1. The van der Waals surface area contributed by atoms with E-state index in [4.69, 9.17) is 0 Å². The molecule has 2 aromatic rings. The summed E-state index contributed by atoms with van der Waals surface area (Å²) < 4.78 is 3.11. The summed E-state index contributed by atoms with van der Waals surface area (Å²) in [6.45, 7) is 5.18. The smallest absolute Gasteiger partial charge is 0.0596 e. The van der Waals surface area contributed by atoms with Crippen LogP contribution in [0, 0.1) is 12.8 Å². The fourth-order valence-electron chi connectivity index (χ4n) is 2.53. The molecular weight excluding hydrogens is 316 g/mol. The summed E-state index contributed by atoms with van der Waals surface area (Å²) in [6, 6.07) is 10.4. The Labute approximate surface area is 128 Å². The van der Waals surface area contributed by atoms with Crippen molar-refractivity contribution in [2.24, 2.45) is 5.92 Å². The molecule has 108 valence electrons. The third kappa shape index (κ3) is 3.93. The lowest BCUT2D eigenvalue weighted by atomic mass is 9.95. The number of hydrogen-bond donors (Lipinski definition) is 1. The first kappa shape index (κ1) is 15.3. The van der Waals surface area contributed by atoms with Crippen LogP contribution in [0.15, 0.2) is 34.8 Å². The third-order valence-electron chi connectivity index (χ3n) is 3.45. The molecule has 0 radical (unpaired) electrons. The lowest BCUT2D eigenvalue weighted by molar-refractivity contribution is 0.223. The van der Waals surface area contributed by atoms with E-state index in [1.165, 1.54) is 11.3 Å². The standard InChI is InChI=1S/C16H21BrN2O/c1-3-19-16(7-12(2)18-19)10-14(11-20)8-13-5-4-6-15(17)9-13/h4-7,9,14,20H,3,8,10-11H2,1-2H3. The molecule has 0 bridgehead atoms. The van der Waals surface area contributed by atoms with Crippen LogP contribution in [0.5, 0.6) is 0 Å². The van der Waals surface area contributed by atoms with E-state index in [1.807, 2.05) is 23.7 Å². The predicted molar refractivity (Wildman–Crippen MR) is 84.8 cm³/mol. The van der Waals surface area contributed by atoms with Crippen LogP contribution >= 0.6 is 15.9 Å². The normalized spacial score (nSPS) is 12.6. The summed E-state index contributed by atoms with van der Waals surface area (Å²) in [5.74, 6) is 0.227. The molecule has 0 spiro atoms. The summed E-state index contributed by atoms with van der Waals surface area (Å²) in [4.78, 5) is 0. The van der Waals surface area contributed by atoms with Crippen LogP contribution < -0.4 is 0 Å². The van der Waals surface area contributed by atoms with Gasteiger partial charge in [-0.1, -0.05) is 28.1 Å². The zero-order valence-corrected chi connectivity index (χ0v) is 13.6. The molecule has 2 rings (SSSR count). The first-order valence-electron chi connectivity index (χ1n) is 7.01. The van der Waals surface area contributed by atoms with Gasteiger partial charge in [0.2, 0.25) is 0 Å². The monoisotopic (exact) mass is 336 g/mol. The molecule has 20 heavy (non-hydrogen) atoms. The Hall–Kier alpha value is -1.13. The molecule has 0 saturated heterocycles. The maximum absolute atomic E-state index is 9.65. The molecule has 1 aromatic heterocycles. The average Bonchev–Trinajstić information content (AvgIpc) is 2.78. The predicted octanol–water partition coefficient (Wildman–Crippen LogP) is 3.37. The fourth-order valence-corrected chi connectivity index (χ4v) is 2.98. The van der Waals surface area contributed by atoms with Gasteiger partial charge in [0.1, 0.15) is 0 Å². The van der Waals surface area contributed by atoms with E-state index < -0.39 is 0 Å². The molecule has 1 N–H and O–H groups in total. The Bertz CT molecular complexity index is 565. The molecule has 1 heterocycles. The molecule has 0 saturated carbocycles. The summed E-state index contributed by atoms with van der Waals surface area (Å²) in [5, 5.41) is 14.1. The van der Waals surface area contributed by atoms with E-state index in [2.05, 4.69) is 46.2 Å². The summed E-state index contributed by atoms with van der Waals surface area (Å²) >= 11 is 3.49. The molecule has 1 atom stereocenters. The van der Waals surface area contributed by atoms with Crippen molar-refractivity contribution >= 4 is 15.9 Å². The van der Waals surface area contributed by atoms with E-state index in [0.717, 1.165) is 29.6 Å². The van der Waals surface area contributed by atoms with Gasteiger partial charge in [0.15, 0.2) is 0 Å². The maximum atomic E-state index is 9.65. The van der Waals surface area contributed by atoms with Crippen molar-refractivity contribution in [3.8, 4) is 0 Å². The van der Waals surface area contributed by atoms with Crippen LogP contribution in [-0.2, 0) is 19.4 Å². The Balaban J connectivity index is 2.08. The minimum Gasteiger partial charge on any atom is -0.396 e. The molecule has 0 amide bonds. The number of aromatic nitrogens is 2. The van der Waals surface area contributed by atoms with Crippen molar-refractivity contribution in [2.75, 3.05) is 6.61 Å². The first-order chi connectivity index (χ1) is 9.62. The van der Waals surface area contributed by atoms with Crippen LogP contribution in [0.25, 0.3) is 0 Å². The quantitative estimate of drug-likeness (QED) is 0.878. The van der Waals surface area contributed by atoms with Crippen molar-refractivity contribution in [3.05, 3.63) is 51.8 Å². The topological polar surface area (TPSA) is 38.0 Å². The summed E-state index contributed by atoms with van der Waals surface area (Å²) in [7, 11) is 0. The largest absolute Gasteiger partial charge is 0.396 e. The number of nitrogens with zero attached hydrogens (tertiary/aromatic N) is 2. The van der Waals surface area contributed by atoms with Crippen LogP contribution in [0.2, 0.25) is 0 Å². The van der Waals surface area contributed by atoms with Gasteiger partial charge in [-0.2, -0.15) is 5.10 Å². The third-order valence-corrected chi connectivity index (χ3v) is 3.95. The van der Waals surface area contributed by atoms with E-state index in [9.17, 15) is 5.11 Å². The minimum atomic E-state index is 0.195. The molecular formula is C16H21BrN2O. The Morgan fingerprint density at radius 3 is 2.75 bits per heavy atom. The highest BCUT2D eigenvalue weighted by molar-refractivity contribution is 9.10. The minimum absolute atomic E-state index is 0.195. The lowest BCUT2D eigenvalue weighted by Gasteiger charge is -2.15. The highest BCUT2D eigenvalue weighted by atomic mass is 79.9. The van der Waals surface area contributed by atoms with Crippen LogP contribution in [0.1, 0.15) is 23.9 Å². The van der Waals surface area contributed by atoms with E-state index in [0.29, 0.717) is 0 Å². The maximum Gasteiger partial charge on any atom is 0.0596 e. The van der Waals surface area contributed by atoms with Crippen molar-refractivity contribution in [2.45, 2.75) is 33.2 Å². The van der Waals surface area contributed by atoms with Crippen LogP contribution in [-0.4, -0.2) is 21.5 Å². The second kappa shape index (κ2) is 7.04. The van der Waals surface area contributed by atoms with Crippen LogP contribution in [0.3, 0.4) is 0 Å². The zero-order chi connectivity index (χ0) is 14.5. The molecule has 3 nitrogen and oxygen atoms in total. The Kier molecular flexibility index (Phi) is 5.38. The highest BCUT2D eigenvalue weighted by Crippen LogP contribution is 2.18. The van der Waals surface area contributed by atoms with Gasteiger partial charge in [-0.3, -0.25) is 4.68 Å². The Morgan fingerprint density at radius 2 is 2.10 bits per heavy atom. The second-order valence-electron chi connectivity index (χ2n) is 5.18. The van der Waals surface area contributed by atoms with Gasteiger partial charge in [-0.05, 0) is 56.4 Å². The van der Waals surface area contributed by atoms with Gasteiger partial charge in [0.05, 0.1) is 5.69 Å². The van der Waals surface area contributed by atoms with Crippen molar-refractivity contribution in [1.29, 1.82) is 0 Å². The Morgan fingerprint density at radius 1 is 1.30 bits per heavy atom. The highest BCUT2D eigenvalue weighted by Gasteiger charge is 2.13. The molecule has 4 heteroatoms. The second-order valence-corrected chi connectivity index (χ2v) is 6.10. The summed E-state index contributed by atoms with van der Waals surface area (Å²) in [6.07, 6.45) is 1.74. The molecule has 1 unspecified atom stereocenters. The molecule has 0 aliphatic rings. The first-order valence-corrected chi connectivity index (χ1v) is 7.80. The lowest BCUT2D eigenvalue weighted by Crippen LogP contribution is -2.15. The van der Waals surface area contributed by atoms with E-state index in [1.54, 1.807) is 0 Å². The number of benzene rings is 1. The van der Waals surface area contributed by atoms with Crippen molar-refractivity contribution < 1.29 is 5.11 Å². The molecule has 0 aliphatic heterocycles. The van der Waals surface area contributed by atoms with Gasteiger partial charge in [-0.15, -0.1) is 0 Å². The van der Waals surface area contributed by atoms with Gasteiger partial charge < -0.3 is 5.11 Å². The van der Waals surface area contributed by atoms with Gasteiger partial charge >= 0.3 is 0 Å². The number of aliphatic hydroxyl groups is 1.